The van der Waals surface area contributed by atoms with Gasteiger partial charge in [-0.05, 0) is 37.4 Å². The molecule has 0 radical (unpaired) electrons. The van der Waals surface area contributed by atoms with Crippen molar-refractivity contribution in [3.63, 3.8) is 0 Å². The molecule has 1 fully saturated rings. The number of rotatable bonds is 1. The molecule has 2 rings (SSSR count). The van der Waals surface area contributed by atoms with E-state index >= 15 is 0 Å². The van der Waals surface area contributed by atoms with Gasteiger partial charge >= 0.3 is 0 Å². The van der Waals surface area contributed by atoms with Gasteiger partial charge in [0.05, 0.1) is 0 Å². The van der Waals surface area contributed by atoms with Crippen molar-refractivity contribution in [2.24, 2.45) is 0 Å². The topological polar surface area (TPSA) is 25.8 Å². The van der Waals surface area contributed by atoms with Crippen LogP contribution in [-0.4, -0.2) is 9.97 Å². The van der Waals surface area contributed by atoms with E-state index in [1.54, 1.807) is 0 Å². The van der Waals surface area contributed by atoms with E-state index < -0.39 is 0 Å². The molecular formula is C8H9ClN2. The van der Waals surface area contributed by atoms with E-state index in [4.69, 9.17) is 11.6 Å². The van der Waals surface area contributed by atoms with E-state index in [0.717, 1.165) is 11.4 Å². The van der Waals surface area contributed by atoms with Crippen LogP contribution < -0.4 is 0 Å². The molecule has 0 bridgehead atoms. The molecular weight excluding hydrogens is 160 g/mol. The summed E-state index contributed by atoms with van der Waals surface area (Å²) >= 11 is 5.70. The molecule has 3 heteroatoms. The van der Waals surface area contributed by atoms with Gasteiger partial charge in [-0.3, -0.25) is 0 Å². The fraction of sp³-hybridized carbons (Fsp3) is 0.500. The van der Waals surface area contributed by atoms with E-state index in [-0.39, 0.29) is 0 Å². The molecule has 0 spiro atoms. The minimum Gasteiger partial charge on any atom is -0.223 e. The molecule has 0 aliphatic heterocycles. The van der Waals surface area contributed by atoms with Crippen LogP contribution in [0.2, 0.25) is 5.28 Å². The van der Waals surface area contributed by atoms with Crippen LogP contribution in [0.15, 0.2) is 6.07 Å². The van der Waals surface area contributed by atoms with Gasteiger partial charge in [0.15, 0.2) is 0 Å². The van der Waals surface area contributed by atoms with Crippen LogP contribution in [0.4, 0.5) is 0 Å². The maximum Gasteiger partial charge on any atom is 0.222 e. The summed E-state index contributed by atoms with van der Waals surface area (Å²) in [7, 11) is 0. The zero-order chi connectivity index (χ0) is 7.84. The molecule has 0 amide bonds. The zero-order valence-corrected chi connectivity index (χ0v) is 7.10. The lowest BCUT2D eigenvalue weighted by atomic mass is 10.2. The predicted molar refractivity (Wildman–Crippen MR) is 43.8 cm³/mol. The average Bonchev–Trinajstić information content (AvgIpc) is 2.64. The first-order valence-electron chi connectivity index (χ1n) is 3.77. The van der Waals surface area contributed by atoms with Crippen LogP contribution in [0.3, 0.4) is 0 Å². The van der Waals surface area contributed by atoms with Crippen molar-refractivity contribution in [1.82, 2.24) is 9.97 Å². The second-order valence-corrected chi connectivity index (χ2v) is 3.32. The van der Waals surface area contributed by atoms with Crippen LogP contribution >= 0.6 is 11.6 Å². The van der Waals surface area contributed by atoms with Gasteiger partial charge in [-0.25, -0.2) is 9.97 Å². The Morgan fingerprint density at radius 1 is 1.45 bits per heavy atom. The van der Waals surface area contributed by atoms with E-state index in [2.05, 4.69) is 9.97 Å². The van der Waals surface area contributed by atoms with E-state index in [1.807, 2.05) is 13.0 Å². The zero-order valence-electron chi connectivity index (χ0n) is 6.34. The summed E-state index contributed by atoms with van der Waals surface area (Å²) in [6.45, 7) is 1.94. The Balaban J connectivity index is 2.39. The van der Waals surface area contributed by atoms with Crippen molar-refractivity contribution in [2.45, 2.75) is 25.7 Å². The first-order valence-corrected chi connectivity index (χ1v) is 4.14. The van der Waals surface area contributed by atoms with Crippen LogP contribution in [0.5, 0.6) is 0 Å². The molecule has 1 aromatic heterocycles. The summed E-state index contributed by atoms with van der Waals surface area (Å²) < 4.78 is 0. The fourth-order valence-corrected chi connectivity index (χ4v) is 1.37. The second kappa shape index (κ2) is 2.45. The number of halogens is 1. The largest absolute Gasteiger partial charge is 0.223 e. The molecule has 1 aromatic rings. The fourth-order valence-electron chi connectivity index (χ4n) is 1.14. The first-order chi connectivity index (χ1) is 5.25. The summed E-state index contributed by atoms with van der Waals surface area (Å²) in [5, 5.41) is 0.381. The van der Waals surface area contributed by atoms with Crippen molar-refractivity contribution in [3.8, 4) is 0 Å². The van der Waals surface area contributed by atoms with E-state index in [0.29, 0.717) is 11.2 Å². The van der Waals surface area contributed by atoms with E-state index in [9.17, 15) is 0 Å². The third kappa shape index (κ3) is 1.51. The number of aromatic nitrogens is 2. The molecule has 1 aliphatic rings. The smallest absolute Gasteiger partial charge is 0.222 e. The minimum atomic E-state index is 0.381. The van der Waals surface area contributed by atoms with Crippen LogP contribution in [0, 0.1) is 6.92 Å². The maximum atomic E-state index is 5.70. The molecule has 1 saturated carbocycles. The molecule has 0 N–H and O–H groups in total. The Morgan fingerprint density at radius 2 is 2.18 bits per heavy atom. The average molecular weight is 169 g/mol. The van der Waals surface area contributed by atoms with Crippen molar-refractivity contribution in [2.75, 3.05) is 0 Å². The van der Waals surface area contributed by atoms with Crippen molar-refractivity contribution in [3.05, 3.63) is 22.7 Å². The molecule has 0 saturated heterocycles. The second-order valence-electron chi connectivity index (χ2n) is 2.98. The van der Waals surface area contributed by atoms with Gasteiger partial charge in [0.2, 0.25) is 5.28 Å². The molecule has 58 valence electrons. The van der Waals surface area contributed by atoms with Crippen LogP contribution in [0.1, 0.15) is 30.1 Å². The molecule has 1 aliphatic carbocycles. The molecule has 2 nitrogen and oxygen atoms in total. The van der Waals surface area contributed by atoms with Gasteiger partial charge < -0.3 is 0 Å². The summed E-state index contributed by atoms with van der Waals surface area (Å²) in [5.74, 6) is 0.661. The minimum absolute atomic E-state index is 0.381. The highest BCUT2D eigenvalue weighted by atomic mass is 35.5. The molecule has 11 heavy (non-hydrogen) atoms. The van der Waals surface area contributed by atoms with Gasteiger partial charge in [-0.15, -0.1) is 0 Å². The van der Waals surface area contributed by atoms with Crippen LogP contribution in [-0.2, 0) is 0 Å². The quantitative estimate of drug-likeness (QED) is 0.602. The lowest BCUT2D eigenvalue weighted by Gasteiger charge is -1.98. The Morgan fingerprint density at radius 3 is 2.73 bits per heavy atom. The van der Waals surface area contributed by atoms with Gasteiger partial charge in [-0.2, -0.15) is 0 Å². The monoisotopic (exact) mass is 168 g/mol. The molecule has 1 heterocycles. The van der Waals surface area contributed by atoms with E-state index in [1.165, 1.54) is 12.8 Å². The van der Waals surface area contributed by atoms with Crippen molar-refractivity contribution >= 4 is 11.6 Å². The van der Waals surface area contributed by atoms with Gasteiger partial charge in [0.1, 0.15) is 0 Å². The lowest BCUT2D eigenvalue weighted by Crippen LogP contribution is -1.92. The summed E-state index contributed by atoms with van der Waals surface area (Å²) in [5.41, 5.74) is 2.08. The standard InChI is InChI=1S/C8H9ClN2/c1-5-4-7(6-2-3-6)11-8(9)10-5/h4,6H,2-3H2,1H3. The molecule has 0 unspecified atom stereocenters. The highest BCUT2D eigenvalue weighted by molar-refractivity contribution is 6.28. The highest BCUT2D eigenvalue weighted by Crippen LogP contribution is 2.39. The third-order valence-corrected chi connectivity index (χ3v) is 2.01. The maximum absolute atomic E-state index is 5.70. The predicted octanol–water partition coefficient (Wildman–Crippen LogP) is 2.32. The molecule has 0 atom stereocenters. The summed E-state index contributed by atoms with van der Waals surface area (Å²) in [6, 6.07) is 2.02. The highest BCUT2D eigenvalue weighted by Gasteiger charge is 2.25. The Labute approximate surface area is 70.6 Å². The third-order valence-electron chi connectivity index (χ3n) is 1.84. The number of nitrogens with zero attached hydrogens (tertiary/aromatic N) is 2. The van der Waals surface area contributed by atoms with Gasteiger partial charge in [0, 0.05) is 17.3 Å². The van der Waals surface area contributed by atoms with Gasteiger partial charge in [0.25, 0.3) is 0 Å². The number of aryl methyl sites for hydroxylation is 1. The number of hydrogen-bond acceptors (Lipinski definition) is 2. The van der Waals surface area contributed by atoms with Crippen molar-refractivity contribution < 1.29 is 0 Å². The van der Waals surface area contributed by atoms with Gasteiger partial charge in [-0.1, -0.05) is 0 Å². The first kappa shape index (κ1) is 7.04. The number of hydrogen-bond donors (Lipinski definition) is 0. The SMILES string of the molecule is Cc1cc(C2CC2)nc(Cl)n1. The molecule has 0 aromatic carbocycles. The normalized spacial score (nSPS) is 16.9. The van der Waals surface area contributed by atoms with Crippen LogP contribution in [0.25, 0.3) is 0 Å². The summed E-state index contributed by atoms with van der Waals surface area (Å²) in [6.07, 6.45) is 2.51. The Kier molecular flexibility index (Phi) is 1.57. The van der Waals surface area contributed by atoms with Crippen molar-refractivity contribution in [1.29, 1.82) is 0 Å². The lowest BCUT2D eigenvalue weighted by molar-refractivity contribution is 0.966. The Bertz CT molecular complexity index is 261. The summed E-state index contributed by atoms with van der Waals surface area (Å²) in [4.78, 5) is 8.15. The Hall–Kier alpha value is -0.630.